The summed E-state index contributed by atoms with van der Waals surface area (Å²) in [4.78, 5) is 13.7. The topological polar surface area (TPSA) is 66.9 Å². The molecular formula is C17H21F3N2O4S. The largest absolute Gasteiger partial charge is 0.411 e. The molecule has 0 saturated carbocycles. The van der Waals surface area contributed by atoms with E-state index in [1.54, 1.807) is 12.1 Å². The second kappa shape index (κ2) is 7.76. The van der Waals surface area contributed by atoms with Gasteiger partial charge in [0.1, 0.15) is 13.2 Å². The molecule has 3 rings (SSSR count). The summed E-state index contributed by atoms with van der Waals surface area (Å²) in [6, 6.07) is 4.55. The normalized spacial score (nSPS) is 18.6. The van der Waals surface area contributed by atoms with Crippen LogP contribution in [0.25, 0.3) is 0 Å². The van der Waals surface area contributed by atoms with Crippen LogP contribution in [0.5, 0.6) is 0 Å². The van der Waals surface area contributed by atoms with Gasteiger partial charge in [-0.05, 0) is 43.0 Å². The third kappa shape index (κ3) is 4.61. The summed E-state index contributed by atoms with van der Waals surface area (Å²) in [7, 11) is -3.57. The third-order valence-corrected chi connectivity index (χ3v) is 6.59. The first-order chi connectivity index (χ1) is 12.7. The summed E-state index contributed by atoms with van der Waals surface area (Å²) < 4.78 is 67.8. The maximum atomic E-state index is 12.8. The molecule has 0 atom stereocenters. The fourth-order valence-corrected chi connectivity index (χ4v) is 4.95. The van der Waals surface area contributed by atoms with Crippen LogP contribution < -0.4 is 4.90 Å². The molecule has 0 spiro atoms. The highest BCUT2D eigenvalue weighted by Crippen LogP contribution is 2.32. The van der Waals surface area contributed by atoms with Gasteiger partial charge in [-0.1, -0.05) is 6.42 Å². The molecule has 1 fully saturated rings. The fourth-order valence-electron chi connectivity index (χ4n) is 3.38. The maximum absolute atomic E-state index is 12.8. The summed E-state index contributed by atoms with van der Waals surface area (Å²) in [6.07, 6.45) is -1.34. The fraction of sp³-hybridized carbons (Fsp3) is 0.588. The third-order valence-electron chi connectivity index (χ3n) is 4.69. The molecule has 6 nitrogen and oxygen atoms in total. The Labute approximate surface area is 155 Å². The molecule has 150 valence electrons. The summed E-state index contributed by atoms with van der Waals surface area (Å²) in [5, 5.41) is 0. The number of hydrogen-bond donors (Lipinski definition) is 0. The number of rotatable bonds is 5. The van der Waals surface area contributed by atoms with Crippen LogP contribution in [0, 0.1) is 0 Å². The van der Waals surface area contributed by atoms with Crippen molar-refractivity contribution in [3.05, 3.63) is 23.8 Å². The number of hydrogen-bond acceptors (Lipinski definition) is 4. The van der Waals surface area contributed by atoms with Crippen LogP contribution in [0.15, 0.2) is 23.1 Å². The molecule has 0 aliphatic carbocycles. The van der Waals surface area contributed by atoms with Crippen molar-refractivity contribution in [3.8, 4) is 0 Å². The predicted octanol–water partition coefficient (Wildman–Crippen LogP) is 2.33. The number of benzene rings is 1. The number of nitrogens with zero attached hydrogens (tertiary/aromatic N) is 2. The number of anilines is 1. The van der Waals surface area contributed by atoms with E-state index in [0.717, 1.165) is 19.3 Å². The number of fused-ring (bicyclic) bond motifs is 1. The van der Waals surface area contributed by atoms with E-state index in [1.165, 1.54) is 15.3 Å². The van der Waals surface area contributed by atoms with Gasteiger partial charge in [0.05, 0.1) is 4.90 Å². The molecule has 0 radical (unpaired) electrons. The summed E-state index contributed by atoms with van der Waals surface area (Å²) in [5.41, 5.74) is 1.21. The van der Waals surface area contributed by atoms with Gasteiger partial charge in [0.25, 0.3) is 5.91 Å². The molecule has 2 heterocycles. The van der Waals surface area contributed by atoms with Crippen molar-refractivity contribution in [3.63, 3.8) is 0 Å². The van der Waals surface area contributed by atoms with Gasteiger partial charge in [-0.3, -0.25) is 4.79 Å². The van der Waals surface area contributed by atoms with Crippen LogP contribution in [-0.2, 0) is 26.0 Å². The minimum Gasteiger partial charge on any atom is -0.362 e. The lowest BCUT2D eigenvalue weighted by Gasteiger charge is -2.26. The molecule has 0 unspecified atom stereocenters. The van der Waals surface area contributed by atoms with E-state index in [0.29, 0.717) is 30.8 Å². The van der Waals surface area contributed by atoms with E-state index in [9.17, 15) is 26.4 Å². The Bertz CT molecular complexity index is 805. The molecule has 0 bridgehead atoms. The van der Waals surface area contributed by atoms with Crippen LogP contribution in [0.3, 0.4) is 0 Å². The van der Waals surface area contributed by atoms with Crippen molar-refractivity contribution < 1.29 is 31.1 Å². The lowest BCUT2D eigenvalue weighted by Crippen LogP contribution is -2.35. The van der Waals surface area contributed by atoms with Crippen molar-refractivity contribution in [2.24, 2.45) is 0 Å². The Balaban J connectivity index is 1.71. The Hall–Kier alpha value is -1.65. The first kappa shape index (κ1) is 20.1. The van der Waals surface area contributed by atoms with E-state index in [-0.39, 0.29) is 11.4 Å². The van der Waals surface area contributed by atoms with E-state index in [1.807, 2.05) is 0 Å². The number of sulfonamides is 1. The molecule has 10 heteroatoms. The zero-order valence-corrected chi connectivity index (χ0v) is 15.5. The molecule has 1 aromatic carbocycles. The minimum atomic E-state index is -4.49. The number of amides is 1. The van der Waals surface area contributed by atoms with Crippen LogP contribution in [0.1, 0.15) is 24.8 Å². The van der Waals surface area contributed by atoms with Gasteiger partial charge in [0, 0.05) is 25.3 Å². The molecule has 2 aliphatic heterocycles. The smallest absolute Gasteiger partial charge is 0.362 e. The van der Waals surface area contributed by atoms with Crippen LogP contribution in [0.2, 0.25) is 0 Å². The van der Waals surface area contributed by atoms with Crippen LogP contribution >= 0.6 is 0 Å². The van der Waals surface area contributed by atoms with Crippen LogP contribution in [0.4, 0.5) is 18.9 Å². The monoisotopic (exact) mass is 406 g/mol. The Morgan fingerprint density at radius 2 is 1.81 bits per heavy atom. The molecule has 1 saturated heterocycles. The predicted molar refractivity (Wildman–Crippen MR) is 92.0 cm³/mol. The van der Waals surface area contributed by atoms with Crippen molar-refractivity contribution in [1.82, 2.24) is 4.31 Å². The van der Waals surface area contributed by atoms with Crippen LogP contribution in [-0.4, -0.2) is 57.7 Å². The van der Waals surface area contributed by atoms with Gasteiger partial charge in [-0.25, -0.2) is 8.42 Å². The molecule has 0 N–H and O–H groups in total. The minimum absolute atomic E-state index is 0.186. The number of halogens is 3. The number of piperidine rings is 1. The van der Waals surface area contributed by atoms with Gasteiger partial charge in [0.15, 0.2) is 0 Å². The molecule has 0 aromatic heterocycles. The highest BCUT2D eigenvalue weighted by molar-refractivity contribution is 7.89. The standard InChI is InChI=1S/C17H21F3N2O4S/c18-17(19,20)12-26-11-16(23)22-9-6-13-10-14(4-5-15(13)22)27(24,25)21-7-2-1-3-8-21/h4-5,10H,1-3,6-9,11-12H2. The van der Waals surface area contributed by atoms with Gasteiger partial charge in [-0.2, -0.15) is 17.5 Å². The highest BCUT2D eigenvalue weighted by Gasteiger charge is 2.31. The zero-order valence-electron chi connectivity index (χ0n) is 14.7. The Morgan fingerprint density at radius 3 is 2.48 bits per heavy atom. The van der Waals surface area contributed by atoms with Crippen molar-refractivity contribution in [1.29, 1.82) is 0 Å². The second-order valence-corrected chi connectivity index (χ2v) is 8.60. The van der Waals surface area contributed by atoms with Crippen molar-refractivity contribution >= 4 is 21.6 Å². The second-order valence-electron chi connectivity index (χ2n) is 6.66. The van der Waals surface area contributed by atoms with Crippen molar-refractivity contribution in [2.45, 2.75) is 36.8 Å². The number of carbonyl (C=O) groups is 1. The average Bonchev–Trinajstić information content (AvgIpc) is 3.04. The van der Waals surface area contributed by atoms with Gasteiger partial charge in [-0.15, -0.1) is 0 Å². The summed E-state index contributed by atoms with van der Waals surface area (Å²) >= 11 is 0. The first-order valence-corrected chi connectivity index (χ1v) is 10.2. The number of ether oxygens (including phenoxy) is 1. The maximum Gasteiger partial charge on any atom is 0.411 e. The number of carbonyl (C=O) groups excluding carboxylic acids is 1. The first-order valence-electron chi connectivity index (χ1n) is 8.76. The zero-order chi connectivity index (χ0) is 19.7. The SMILES string of the molecule is O=C(COCC(F)(F)F)N1CCc2cc(S(=O)(=O)N3CCCCC3)ccc21. The van der Waals surface area contributed by atoms with Gasteiger partial charge in [0.2, 0.25) is 10.0 Å². The van der Waals surface area contributed by atoms with E-state index < -0.39 is 35.3 Å². The molecule has 1 amide bonds. The van der Waals surface area contributed by atoms with E-state index in [4.69, 9.17) is 0 Å². The quantitative estimate of drug-likeness (QED) is 0.753. The Kier molecular flexibility index (Phi) is 5.78. The molecular weight excluding hydrogens is 385 g/mol. The van der Waals surface area contributed by atoms with Gasteiger partial charge < -0.3 is 9.64 Å². The highest BCUT2D eigenvalue weighted by atomic mass is 32.2. The summed E-state index contributed by atoms with van der Waals surface area (Å²) in [6.45, 7) is -0.864. The van der Waals surface area contributed by atoms with Gasteiger partial charge >= 0.3 is 6.18 Å². The lowest BCUT2D eigenvalue weighted by atomic mass is 10.2. The van der Waals surface area contributed by atoms with E-state index in [2.05, 4.69) is 4.74 Å². The molecule has 1 aromatic rings. The molecule has 27 heavy (non-hydrogen) atoms. The van der Waals surface area contributed by atoms with E-state index >= 15 is 0 Å². The summed E-state index contributed by atoms with van der Waals surface area (Å²) in [5.74, 6) is -0.579. The lowest BCUT2D eigenvalue weighted by molar-refractivity contribution is -0.175. The number of alkyl halides is 3. The Morgan fingerprint density at radius 1 is 1.11 bits per heavy atom. The van der Waals surface area contributed by atoms with Crippen molar-refractivity contribution in [2.75, 3.05) is 37.7 Å². The average molecular weight is 406 g/mol. The molecule has 2 aliphatic rings.